The number of aromatic nitrogens is 1. The summed E-state index contributed by atoms with van der Waals surface area (Å²) in [6.45, 7) is 4.14. The van der Waals surface area contributed by atoms with Crippen LogP contribution in [0.2, 0.25) is 0 Å². The molecule has 0 amide bonds. The maximum absolute atomic E-state index is 12.5. The molecule has 0 radical (unpaired) electrons. The lowest BCUT2D eigenvalue weighted by Gasteiger charge is -2.30. The first-order chi connectivity index (χ1) is 11.5. The van der Waals surface area contributed by atoms with Gasteiger partial charge in [-0.2, -0.15) is 5.10 Å². The van der Waals surface area contributed by atoms with Crippen molar-refractivity contribution in [2.75, 3.05) is 0 Å². The highest BCUT2D eigenvalue weighted by Crippen LogP contribution is 2.39. The summed E-state index contributed by atoms with van der Waals surface area (Å²) >= 11 is 0. The number of H-pyrrole nitrogens is 1. The molecule has 0 saturated carbocycles. The van der Waals surface area contributed by atoms with Gasteiger partial charge in [-0.25, -0.2) is 5.43 Å². The van der Waals surface area contributed by atoms with E-state index in [1.807, 2.05) is 0 Å². The highest BCUT2D eigenvalue weighted by molar-refractivity contribution is 6.13. The molecule has 0 fully saturated rings. The second-order valence-corrected chi connectivity index (χ2v) is 6.84. The fourth-order valence-corrected chi connectivity index (χ4v) is 3.19. The molecule has 1 aliphatic carbocycles. The smallest absolute Gasteiger partial charge is 0.406 e. The van der Waals surface area contributed by atoms with Crippen molar-refractivity contribution >= 4 is 22.6 Å². The molecule has 1 aromatic heterocycles. The van der Waals surface area contributed by atoms with E-state index in [1.54, 1.807) is 6.07 Å². The summed E-state index contributed by atoms with van der Waals surface area (Å²) in [6.07, 6.45) is -3.43. The van der Waals surface area contributed by atoms with Crippen molar-refractivity contribution in [1.82, 2.24) is 10.4 Å². The molecule has 9 heteroatoms. The summed E-state index contributed by atoms with van der Waals surface area (Å²) in [6, 6.07) is 4.17. The largest absolute Gasteiger partial charge is 0.573 e. The average Bonchev–Trinajstić information content (AvgIpc) is 2.78. The number of guanidine groups is 1. The van der Waals surface area contributed by atoms with Crippen LogP contribution in [0.4, 0.5) is 13.2 Å². The van der Waals surface area contributed by atoms with Crippen molar-refractivity contribution in [3.05, 3.63) is 29.5 Å². The third-order valence-corrected chi connectivity index (χ3v) is 3.98. The molecule has 5 N–H and O–H groups in total. The van der Waals surface area contributed by atoms with Gasteiger partial charge < -0.3 is 15.5 Å². The Hall–Kier alpha value is -2.71. The molecule has 25 heavy (non-hydrogen) atoms. The number of halogens is 3. The SMILES string of the molecule is CC1(C)CC(=NNC(=N)N)c2c([nH]c3ccc(OC(F)(F)F)cc23)C1. The van der Waals surface area contributed by atoms with Crippen LogP contribution in [0.5, 0.6) is 5.75 Å². The minimum atomic E-state index is -4.75. The first-order valence-corrected chi connectivity index (χ1v) is 7.61. The van der Waals surface area contributed by atoms with Gasteiger partial charge >= 0.3 is 6.36 Å². The molecule has 6 nitrogen and oxygen atoms in total. The lowest BCUT2D eigenvalue weighted by atomic mass is 9.75. The van der Waals surface area contributed by atoms with E-state index in [1.165, 1.54) is 12.1 Å². The van der Waals surface area contributed by atoms with Crippen LogP contribution in [-0.2, 0) is 6.42 Å². The van der Waals surface area contributed by atoms with E-state index in [0.29, 0.717) is 23.0 Å². The number of benzene rings is 1. The van der Waals surface area contributed by atoms with Gasteiger partial charge in [0.15, 0.2) is 0 Å². The molecule has 0 atom stereocenters. The zero-order valence-corrected chi connectivity index (χ0v) is 13.7. The number of nitrogens with zero attached hydrogens (tertiary/aromatic N) is 1. The molecule has 134 valence electrons. The Morgan fingerprint density at radius 2 is 2.08 bits per heavy atom. The third kappa shape index (κ3) is 3.70. The van der Waals surface area contributed by atoms with E-state index in [2.05, 4.69) is 34.1 Å². The molecule has 1 heterocycles. The summed E-state index contributed by atoms with van der Waals surface area (Å²) in [5.74, 6) is -0.594. The van der Waals surface area contributed by atoms with Crippen molar-refractivity contribution in [2.24, 2.45) is 16.3 Å². The molecule has 2 aromatic rings. The number of hydrogen-bond acceptors (Lipinski definition) is 3. The Kier molecular flexibility index (Phi) is 3.89. The van der Waals surface area contributed by atoms with Crippen LogP contribution in [0.15, 0.2) is 23.3 Å². The van der Waals surface area contributed by atoms with Crippen LogP contribution in [0.3, 0.4) is 0 Å². The predicted octanol–water partition coefficient (Wildman–Crippen LogP) is 3.23. The van der Waals surface area contributed by atoms with E-state index in [-0.39, 0.29) is 17.1 Å². The lowest BCUT2D eigenvalue weighted by molar-refractivity contribution is -0.274. The van der Waals surface area contributed by atoms with Gasteiger partial charge in [0.05, 0.1) is 5.71 Å². The van der Waals surface area contributed by atoms with E-state index >= 15 is 0 Å². The van der Waals surface area contributed by atoms with E-state index < -0.39 is 6.36 Å². The zero-order valence-electron chi connectivity index (χ0n) is 13.7. The number of rotatable bonds is 2. The van der Waals surface area contributed by atoms with Crippen LogP contribution in [0.25, 0.3) is 10.9 Å². The monoisotopic (exact) mass is 353 g/mol. The zero-order chi connectivity index (χ0) is 18.4. The number of aromatic amines is 1. The number of ether oxygens (including phenoxy) is 1. The average molecular weight is 353 g/mol. The molecule has 1 aliphatic rings. The fraction of sp³-hybridized carbons (Fsp3) is 0.375. The summed E-state index contributed by atoms with van der Waals surface area (Å²) in [5, 5.41) is 12.0. The van der Waals surface area contributed by atoms with Crippen LogP contribution in [0.1, 0.15) is 31.5 Å². The first kappa shape index (κ1) is 17.1. The topological polar surface area (TPSA) is 99.3 Å². The number of hydrogen-bond donors (Lipinski definition) is 4. The molecule has 0 bridgehead atoms. The Labute approximate surface area is 141 Å². The predicted molar refractivity (Wildman–Crippen MR) is 88.7 cm³/mol. The van der Waals surface area contributed by atoms with E-state index in [0.717, 1.165) is 17.7 Å². The highest BCUT2D eigenvalue weighted by Gasteiger charge is 2.34. The van der Waals surface area contributed by atoms with Crippen molar-refractivity contribution in [3.8, 4) is 5.75 Å². The van der Waals surface area contributed by atoms with Crippen LogP contribution < -0.4 is 15.9 Å². The van der Waals surface area contributed by atoms with Gasteiger partial charge in [-0.3, -0.25) is 5.41 Å². The number of fused-ring (bicyclic) bond motifs is 3. The lowest BCUT2D eigenvalue weighted by Crippen LogP contribution is -2.31. The summed E-state index contributed by atoms with van der Waals surface area (Å²) < 4.78 is 41.5. The minimum Gasteiger partial charge on any atom is -0.406 e. The van der Waals surface area contributed by atoms with E-state index in [4.69, 9.17) is 11.1 Å². The second kappa shape index (κ2) is 5.68. The van der Waals surface area contributed by atoms with Crippen LogP contribution >= 0.6 is 0 Å². The number of hydrazone groups is 1. The molecule has 3 rings (SSSR count). The van der Waals surface area contributed by atoms with E-state index in [9.17, 15) is 13.2 Å². The number of alkyl halides is 3. The Bertz CT molecular complexity index is 867. The van der Waals surface area contributed by atoms with Gasteiger partial charge in [0.2, 0.25) is 5.96 Å². The van der Waals surface area contributed by atoms with Gasteiger partial charge in [0, 0.05) is 22.2 Å². The molecule has 0 spiro atoms. The van der Waals surface area contributed by atoms with Crippen LogP contribution in [-0.4, -0.2) is 23.0 Å². The Balaban J connectivity index is 2.13. The van der Waals surface area contributed by atoms with Crippen molar-refractivity contribution in [3.63, 3.8) is 0 Å². The minimum absolute atomic E-state index is 0.0868. The van der Waals surface area contributed by atoms with Crippen LogP contribution in [0, 0.1) is 10.8 Å². The van der Waals surface area contributed by atoms with Gasteiger partial charge in [-0.1, -0.05) is 13.8 Å². The fourth-order valence-electron chi connectivity index (χ4n) is 3.19. The maximum Gasteiger partial charge on any atom is 0.573 e. The van der Waals surface area contributed by atoms with Gasteiger partial charge in [0.25, 0.3) is 0 Å². The second-order valence-electron chi connectivity index (χ2n) is 6.84. The molecule has 1 aromatic carbocycles. The Morgan fingerprint density at radius 3 is 2.72 bits per heavy atom. The normalized spacial score (nSPS) is 18.2. The van der Waals surface area contributed by atoms with Gasteiger partial charge in [-0.05, 0) is 36.5 Å². The molecule has 0 unspecified atom stereocenters. The number of nitrogens with two attached hydrogens (primary N) is 1. The third-order valence-electron chi connectivity index (χ3n) is 3.98. The van der Waals surface area contributed by atoms with Gasteiger partial charge in [-0.15, -0.1) is 13.2 Å². The number of nitrogens with one attached hydrogen (secondary N) is 3. The Morgan fingerprint density at radius 1 is 1.36 bits per heavy atom. The van der Waals surface area contributed by atoms with Crippen molar-refractivity contribution in [1.29, 1.82) is 5.41 Å². The summed E-state index contributed by atoms with van der Waals surface area (Å²) in [5.41, 5.74) is 10.6. The standard InChI is InChI=1S/C16H18F3N5O/c1-15(2)6-11-13(12(7-15)23-24-14(20)21)9-5-8(25-16(17,18)19)3-4-10(9)22-11/h3-5,22H,6-7H2,1-2H3,(H4,20,21,24). The molecular formula is C16H18F3N5O. The highest BCUT2D eigenvalue weighted by atomic mass is 19.4. The summed E-state index contributed by atoms with van der Waals surface area (Å²) in [4.78, 5) is 3.25. The molecular weight excluding hydrogens is 335 g/mol. The van der Waals surface area contributed by atoms with Crippen molar-refractivity contribution in [2.45, 2.75) is 33.1 Å². The molecule has 0 saturated heterocycles. The van der Waals surface area contributed by atoms with Gasteiger partial charge in [0.1, 0.15) is 5.75 Å². The quantitative estimate of drug-likeness (QED) is 0.379. The first-order valence-electron chi connectivity index (χ1n) is 7.61. The van der Waals surface area contributed by atoms with Crippen molar-refractivity contribution < 1.29 is 17.9 Å². The maximum atomic E-state index is 12.5. The molecule has 0 aliphatic heterocycles. The summed E-state index contributed by atoms with van der Waals surface area (Å²) in [7, 11) is 0.